The van der Waals surface area contributed by atoms with Crippen LogP contribution in [0.2, 0.25) is 0 Å². The number of hydrogen-bond donors (Lipinski definition) is 1. The molecule has 0 aliphatic rings. The zero-order chi connectivity index (χ0) is 15.0. The molecule has 0 aliphatic heterocycles. The smallest absolute Gasteiger partial charge is 0.407 e. The maximum absolute atomic E-state index is 11.4. The fraction of sp³-hybridized carbons (Fsp3) is 0.500. The molecule has 0 unspecified atom stereocenters. The van der Waals surface area contributed by atoms with Crippen LogP contribution in [0, 0.1) is 11.8 Å². The molecule has 0 spiro atoms. The van der Waals surface area contributed by atoms with Crippen LogP contribution in [0.1, 0.15) is 32.8 Å². The first-order valence-electron chi connectivity index (χ1n) is 6.22. The van der Waals surface area contributed by atoms with Gasteiger partial charge in [-0.3, -0.25) is 0 Å². The highest BCUT2D eigenvalue weighted by Crippen LogP contribution is 2.07. The summed E-state index contributed by atoms with van der Waals surface area (Å²) in [7, 11) is 0. The van der Waals surface area contributed by atoms with E-state index >= 15 is 0 Å². The lowest BCUT2D eigenvalue weighted by molar-refractivity contribution is 0.0529. The number of ether oxygens (including phenoxy) is 1. The van der Waals surface area contributed by atoms with Gasteiger partial charge in [0.1, 0.15) is 5.60 Å². The molecule has 1 heterocycles. The molecule has 0 aliphatic carbocycles. The summed E-state index contributed by atoms with van der Waals surface area (Å²) in [5.41, 5.74) is 0.284. The number of nitrogens with one attached hydrogen (secondary N) is 1. The first kappa shape index (κ1) is 16.3. The molecule has 20 heavy (non-hydrogen) atoms. The zero-order valence-corrected chi connectivity index (χ0v) is 13.0. The van der Waals surface area contributed by atoms with Gasteiger partial charge in [-0.15, -0.1) is 0 Å². The van der Waals surface area contributed by atoms with E-state index in [1.54, 1.807) is 12.4 Å². The topological polar surface area (TPSA) is 64.1 Å². The number of nitrogens with zero attached hydrogens (tertiary/aromatic N) is 2. The molecule has 1 aromatic heterocycles. The van der Waals surface area contributed by atoms with E-state index in [4.69, 9.17) is 4.74 Å². The zero-order valence-electron chi connectivity index (χ0n) is 12.2. The lowest BCUT2D eigenvalue weighted by Gasteiger charge is -2.19. The largest absolute Gasteiger partial charge is 0.444 e. The Morgan fingerprint density at radius 3 is 2.60 bits per heavy atom. The van der Waals surface area contributed by atoms with Crippen molar-refractivity contribution in [1.29, 1.82) is 0 Å². The monoisotopic (exact) mass is 293 g/mol. The first-order chi connectivity index (χ1) is 9.40. The van der Waals surface area contributed by atoms with Crippen molar-refractivity contribution in [3.05, 3.63) is 18.0 Å². The fourth-order valence-corrected chi connectivity index (χ4v) is 1.51. The maximum Gasteiger partial charge on any atom is 0.407 e. The van der Waals surface area contributed by atoms with Gasteiger partial charge in [0.2, 0.25) is 0 Å². The van der Waals surface area contributed by atoms with Crippen LogP contribution in [-0.4, -0.2) is 34.5 Å². The summed E-state index contributed by atoms with van der Waals surface area (Å²) in [6.45, 7) is 5.92. The van der Waals surface area contributed by atoms with E-state index in [1.807, 2.05) is 27.0 Å². The van der Waals surface area contributed by atoms with Crippen LogP contribution in [-0.2, 0) is 4.74 Å². The summed E-state index contributed by atoms with van der Waals surface area (Å²) in [4.78, 5) is 19.6. The second-order valence-corrected chi connectivity index (χ2v) is 5.71. The number of aromatic nitrogens is 2. The number of thioether (sulfide) groups is 1. The van der Waals surface area contributed by atoms with Crippen LogP contribution < -0.4 is 5.32 Å². The first-order valence-corrected chi connectivity index (χ1v) is 7.45. The SMILES string of the molecule is CSc1ncc(C#CCCNC(=O)OC(C)(C)C)cn1. The quantitative estimate of drug-likeness (QED) is 0.401. The van der Waals surface area contributed by atoms with Gasteiger partial charge in [-0.25, -0.2) is 14.8 Å². The van der Waals surface area contributed by atoms with Crippen molar-refractivity contribution in [3.63, 3.8) is 0 Å². The Bertz CT molecular complexity index is 498. The number of rotatable bonds is 3. The molecule has 1 aromatic rings. The van der Waals surface area contributed by atoms with Gasteiger partial charge in [0.05, 0.1) is 5.56 Å². The molecule has 1 N–H and O–H groups in total. The second-order valence-electron chi connectivity index (χ2n) is 4.94. The summed E-state index contributed by atoms with van der Waals surface area (Å²) >= 11 is 1.49. The Hall–Kier alpha value is -1.74. The van der Waals surface area contributed by atoms with Crippen molar-refractivity contribution in [1.82, 2.24) is 15.3 Å². The van der Waals surface area contributed by atoms with E-state index in [9.17, 15) is 4.79 Å². The third-order valence-electron chi connectivity index (χ3n) is 1.96. The van der Waals surface area contributed by atoms with Gasteiger partial charge in [-0.2, -0.15) is 0 Å². The highest BCUT2D eigenvalue weighted by atomic mass is 32.2. The molecule has 0 fully saturated rings. The van der Waals surface area contributed by atoms with Gasteiger partial charge < -0.3 is 10.1 Å². The van der Waals surface area contributed by atoms with Crippen LogP contribution in [0.5, 0.6) is 0 Å². The molecule has 0 atom stereocenters. The summed E-state index contributed by atoms with van der Waals surface area (Å²) in [5, 5.41) is 3.37. The van der Waals surface area contributed by atoms with Crippen LogP contribution in [0.25, 0.3) is 0 Å². The lowest BCUT2D eigenvalue weighted by atomic mass is 10.2. The molecule has 0 saturated carbocycles. The van der Waals surface area contributed by atoms with E-state index in [2.05, 4.69) is 27.1 Å². The van der Waals surface area contributed by atoms with Crippen molar-refractivity contribution < 1.29 is 9.53 Å². The molecule has 1 rings (SSSR count). The number of carbonyl (C=O) groups excluding carboxylic acids is 1. The fourth-order valence-electron chi connectivity index (χ4n) is 1.19. The summed E-state index contributed by atoms with van der Waals surface area (Å²) in [6.07, 6.45) is 5.42. The van der Waals surface area contributed by atoms with E-state index in [0.29, 0.717) is 13.0 Å². The Morgan fingerprint density at radius 2 is 2.05 bits per heavy atom. The van der Waals surface area contributed by atoms with Gasteiger partial charge in [0.25, 0.3) is 0 Å². The van der Waals surface area contributed by atoms with Crippen LogP contribution in [0.3, 0.4) is 0 Å². The van der Waals surface area contributed by atoms with Gasteiger partial charge in [0.15, 0.2) is 5.16 Å². The molecule has 0 aromatic carbocycles. The van der Waals surface area contributed by atoms with E-state index in [1.165, 1.54) is 11.8 Å². The predicted octanol–water partition coefficient (Wildman–Crippen LogP) is 2.46. The number of alkyl carbamates (subject to hydrolysis) is 1. The van der Waals surface area contributed by atoms with Gasteiger partial charge in [-0.05, 0) is 27.0 Å². The van der Waals surface area contributed by atoms with Crippen molar-refractivity contribution in [2.45, 2.75) is 37.9 Å². The third-order valence-corrected chi connectivity index (χ3v) is 2.54. The molecule has 0 saturated heterocycles. The van der Waals surface area contributed by atoms with Gasteiger partial charge in [-0.1, -0.05) is 23.6 Å². The highest BCUT2D eigenvalue weighted by molar-refractivity contribution is 7.98. The van der Waals surface area contributed by atoms with Gasteiger partial charge in [0, 0.05) is 25.4 Å². The van der Waals surface area contributed by atoms with Crippen molar-refractivity contribution >= 4 is 17.9 Å². The van der Waals surface area contributed by atoms with Crippen molar-refractivity contribution in [2.75, 3.05) is 12.8 Å². The molecular weight excluding hydrogens is 274 g/mol. The number of amides is 1. The van der Waals surface area contributed by atoms with Crippen LogP contribution in [0.15, 0.2) is 17.6 Å². The van der Waals surface area contributed by atoms with E-state index in [0.717, 1.165) is 10.7 Å². The van der Waals surface area contributed by atoms with Gasteiger partial charge >= 0.3 is 6.09 Å². The van der Waals surface area contributed by atoms with E-state index < -0.39 is 11.7 Å². The molecule has 0 bridgehead atoms. The predicted molar refractivity (Wildman–Crippen MR) is 79.5 cm³/mol. The maximum atomic E-state index is 11.4. The Labute approximate surface area is 123 Å². The molecule has 6 heteroatoms. The molecule has 108 valence electrons. The standard InChI is InChI=1S/C14H19N3O2S/c1-14(2,3)19-13(18)15-8-6-5-7-11-9-16-12(20-4)17-10-11/h9-10H,6,8H2,1-4H3,(H,15,18). The minimum atomic E-state index is -0.480. The molecule has 5 nitrogen and oxygen atoms in total. The molecular formula is C14H19N3O2S. The second kappa shape index (κ2) is 7.75. The van der Waals surface area contributed by atoms with Crippen LogP contribution in [0.4, 0.5) is 4.79 Å². The summed E-state index contributed by atoms with van der Waals surface area (Å²) < 4.78 is 5.11. The van der Waals surface area contributed by atoms with E-state index in [-0.39, 0.29) is 0 Å². The average Bonchev–Trinajstić information content (AvgIpc) is 2.37. The minimum absolute atomic E-state index is 0.424. The molecule has 0 radical (unpaired) electrons. The van der Waals surface area contributed by atoms with Crippen LogP contribution >= 0.6 is 11.8 Å². The summed E-state index contributed by atoms with van der Waals surface area (Å²) in [5.74, 6) is 5.89. The highest BCUT2D eigenvalue weighted by Gasteiger charge is 2.15. The average molecular weight is 293 g/mol. The molecule has 1 amide bonds. The minimum Gasteiger partial charge on any atom is -0.444 e. The Morgan fingerprint density at radius 1 is 1.40 bits per heavy atom. The Kier molecular flexibility index (Phi) is 6.32. The van der Waals surface area contributed by atoms with Crippen molar-refractivity contribution in [2.24, 2.45) is 0 Å². The number of hydrogen-bond acceptors (Lipinski definition) is 5. The normalized spacial score (nSPS) is 10.4. The third kappa shape index (κ3) is 7.00. The Balaban J connectivity index is 2.30. The summed E-state index contributed by atoms with van der Waals surface area (Å²) in [6, 6.07) is 0. The van der Waals surface area contributed by atoms with Crippen molar-refractivity contribution in [3.8, 4) is 11.8 Å². The lowest BCUT2D eigenvalue weighted by Crippen LogP contribution is -2.32. The number of carbonyl (C=O) groups is 1.